The fourth-order valence-corrected chi connectivity index (χ4v) is 3.40. The van der Waals surface area contributed by atoms with E-state index in [0.717, 1.165) is 10.5 Å². The van der Waals surface area contributed by atoms with Gasteiger partial charge in [0.25, 0.3) is 5.91 Å². The van der Waals surface area contributed by atoms with Gasteiger partial charge in [-0.05, 0) is 36.6 Å². The first-order chi connectivity index (χ1) is 15.7. The van der Waals surface area contributed by atoms with Gasteiger partial charge in [-0.15, -0.1) is 0 Å². The van der Waals surface area contributed by atoms with Gasteiger partial charge in [0.15, 0.2) is 0 Å². The second-order valence-electron chi connectivity index (χ2n) is 7.59. The predicted octanol–water partition coefficient (Wildman–Crippen LogP) is 2.09. The Kier molecular flexibility index (Phi) is 6.93. The van der Waals surface area contributed by atoms with Crippen molar-refractivity contribution in [1.82, 2.24) is 15.5 Å². The van der Waals surface area contributed by atoms with Crippen LogP contribution in [-0.2, 0) is 26.5 Å². The number of nitrogens with zero attached hydrogens (tertiary/aromatic N) is 2. The van der Waals surface area contributed by atoms with E-state index in [9.17, 15) is 24.3 Å². The molecule has 0 spiro atoms. The Labute approximate surface area is 189 Å². The van der Waals surface area contributed by atoms with Gasteiger partial charge >= 0.3 is 18.1 Å². The van der Waals surface area contributed by atoms with Crippen molar-refractivity contribution < 1.29 is 29.0 Å². The average molecular weight is 450 g/mol. The minimum atomic E-state index is -1.37. The summed E-state index contributed by atoms with van der Waals surface area (Å²) in [6, 6.07) is 15.0. The molecule has 10 heteroatoms. The van der Waals surface area contributed by atoms with Crippen molar-refractivity contribution in [2.45, 2.75) is 31.5 Å². The number of amides is 4. The molecule has 1 aliphatic rings. The van der Waals surface area contributed by atoms with Crippen LogP contribution in [0.25, 0.3) is 0 Å². The van der Waals surface area contributed by atoms with Gasteiger partial charge in [0.1, 0.15) is 18.2 Å². The van der Waals surface area contributed by atoms with Crippen molar-refractivity contribution in [1.29, 1.82) is 5.26 Å². The van der Waals surface area contributed by atoms with Gasteiger partial charge in [-0.1, -0.05) is 42.5 Å². The van der Waals surface area contributed by atoms with E-state index in [1.54, 1.807) is 36.4 Å². The summed E-state index contributed by atoms with van der Waals surface area (Å²) >= 11 is 0. The quantitative estimate of drug-likeness (QED) is 0.521. The molecule has 33 heavy (non-hydrogen) atoms. The predicted molar refractivity (Wildman–Crippen MR) is 115 cm³/mol. The first-order valence-corrected chi connectivity index (χ1v) is 10.1. The van der Waals surface area contributed by atoms with E-state index >= 15 is 0 Å². The van der Waals surface area contributed by atoms with Crippen LogP contribution in [0.5, 0.6) is 0 Å². The summed E-state index contributed by atoms with van der Waals surface area (Å²) in [5.74, 6) is -1.89. The second kappa shape index (κ2) is 9.82. The van der Waals surface area contributed by atoms with Gasteiger partial charge in [0.05, 0.1) is 11.6 Å². The van der Waals surface area contributed by atoms with Crippen LogP contribution in [-0.4, -0.2) is 46.6 Å². The maximum Gasteiger partial charge on any atom is 0.408 e. The Bertz CT molecular complexity index is 1100. The van der Waals surface area contributed by atoms with Crippen molar-refractivity contribution in [3.8, 4) is 6.07 Å². The summed E-state index contributed by atoms with van der Waals surface area (Å²) in [7, 11) is 0. The van der Waals surface area contributed by atoms with E-state index in [1.807, 2.05) is 12.1 Å². The number of nitriles is 1. The van der Waals surface area contributed by atoms with Gasteiger partial charge in [-0.25, -0.2) is 14.4 Å². The van der Waals surface area contributed by atoms with Gasteiger partial charge in [0.2, 0.25) is 0 Å². The third-order valence-corrected chi connectivity index (χ3v) is 5.31. The van der Waals surface area contributed by atoms with E-state index in [-0.39, 0.29) is 19.6 Å². The van der Waals surface area contributed by atoms with Crippen LogP contribution in [0, 0.1) is 11.3 Å². The van der Waals surface area contributed by atoms with Crippen molar-refractivity contribution in [2.24, 2.45) is 0 Å². The highest BCUT2D eigenvalue weighted by molar-refractivity contribution is 6.07. The van der Waals surface area contributed by atoms with Gasteiger partial charge in [0, 0.05) is 6.54 Å². The SMILES string of the molecule is CC1(c2ccc(C#N)cc2)NC(=O)N(CCC(NC(=O)OCc2ccccc2)C(=O)O)C1=O. The zero-order valence-electron chi connectivity index (χ0n) is 17.8. The molecule has 10 nitrogen and oxygen atoms in total. The second-order valence-corrected chi connectivity index (χ2v) is 7.59. The number of rotatable bonds is 8. The van der Waals surface area contributed by atoms with Crippen LogP contribution in [0.1, 0.15) is 30.0 Å². The normalized spacial score (nSPS) is 18.2. The zero-order chi connectivity index (χ0) is 24.0. The monoisotopic (exact) mass is 450 g/mol. The van der Waals surface area contributed by atoms with Crippen molar-refractivity contribution >= 4 is 24.0 Å². The van der Waals surface area contributed by atoms with Crippen LogP contribution < -0.4 is 10.6 Å². The molecule has 1 aliphatic heterocycles. The molecule has 2 aromatic carbocycles. The zero-order valence-corrected chi connectivity index (χ0v) is 17.8. The van der Waals surface area contributed by atoms with Crippen molar-refractivity contribution in [2.75, 3.05) is 6.54 Å². The first kappa shape index (κ1) is 23.3. The molecule has 4 amide bonds. The van der Waals surface area contributed by atoms with Crippen LogP contribution >= 0.6 is 0 Å². The first-order valence-electron chi connectivity index (χ1n) is 10.1. The molecule has 0 saturated carbocycles. The Balaban J connectivity index is 1.60. The standard InChI is InChI=1S/C23H22N4O6/c1-23(17-9-7-15(13-24)8-10-17)20(30)27(21(31)26-23)12-11-18(19(28)29)25-22(32)33-14-16-5-3-2-4-6-16/h2-10,18H,11-12,14H2,1H3,(H,25,32)(H,26,31)(H,28,29). The number of ether oxygens (including phenoxy) is 1. The largest absolute Gasteiger partial charge is 0.480 e. The number of imide groups is 1. The number of carbonyl (C=O) groups is 4. The van der Waals surface area contributed by atoms with Crippen LogP contribution in [0.2, 0.25) is 0 Å². The smallest absolute Gasteiger partial charge is 0.408 e. The minimum Gasteiger partial charge on any atom is -0.480 e. The topological polar surface area (TPSA) is 149 Å². The molecule has 2 aromatic rings. The lowest BCUT2D eigenvalue weighted by atomic mass is 9.91. The van der Waals surface area contributed by atoms with E-state index in [0.29, 0.717) is 11.1 Å². The number of alkyl carbamates (subject to hydrolysis) is 1. The molecular weight excluding hydrogens is 428 g/mol. The van der Waals surface area contributed by atoms with Crippen LogP contribution in [0.3, 0.4) is 0 Å². The average Bonchev–Trinajstić information content (AvgIpc) is 3.04. The molecule has 2 unspecified atom stereocenters. The summed E-state index contributed by atoms with van der Waals surface area (Å²) in [6.07, 6.45) is -1.14. The highest BCUT2D eigenvalue weighted by Crippen LogP contribution is 2.29. The number of carboxylic acids is 1. The Hall–Kier alpha value is -4.39. The lowest BCUT2D eigenvalue weighted by molar-refractivity contribution is -0.140. The number of nitrogens with one attached hydrogen (secondary N) is 2. The molecular formula is C23H22N4O6. The highest BCUT2D eigenvalue weighted by atomic mass is 16.5. The summed E-state index contributed by atoms with van der Waals surface area (Å²) in [4.78, 5) is 49.9. The number of benzene rings is 2. The van der Waals surface area contributed by atoms with E-state index < -0.39 is 35.6 Å². The lowest BCUT2D eigenvalue weighted by Crippen LogP contribution is -2.44. The number of hydrogen-bond acceptors (Lipinski definition) is 6. The molecule has 1 fully saturated rings. The van der Waals surface area contributed by atoms with E-state index in [2.05, 4.69) is 10.6 Å². The number of aliphatic carboxylic acids is 1. The molecule has 1 saturated heterocycles. The van der Waals surface area contributed by atoms with Gasteiger partial charge in [-0.2, -0.15) is 5.26 Å². The number of urea groups is 1. The molecule has 3 N–H and O–H groups in total. The summed E-state index contributed by atoms with van der Waals surface area (Å²) in [5.41, 5.74) is 0.275. The molecule has 0 aliphatic carbocycles. The number of carboxylic acid groups (broad SMARTS) is 1. The number of carbonyl (C=O) groups excluding carboxylic acids is 3. The van der Waals surface area contributed by atoms with Gasteiger partial charge < -0.3 is 20.5 Å². The third kappa shape index (κ3) is 5.27. The van der Waals surface area contributed by atoms with Crippen molar-refractivity contribution in [3.05, 3.63) is 71.3 Å². The van der Waals surface area contributed by atoms with Crippen LogP contribution in [0.4, 0.5) is 9.59 Å². The maximum atomic E-state index is 13.0. The highest BCUT2D eigenvalue weighted by Gasteiger charge is 2.49. The Morgan fingerprint density at radius 2 is 1.85 bits per heavy atom. The Morgan fingerprint density at radius 3 is 2.45 bits per heavy atom. The molecule has 0 radical (unpaired) electrons. The molecule has 3 rings (SSSR count). The minimum absolute atomic E-state index is 0.0328. The lowest BCUT2D eigenvalue weighted by Gasteiger charge is -2.23. The van der Waals surface area contributed by atoms with E-state index in [1.165, 1.54) is 19.1 Å². The maximum absolute atomic E-state index is 13.0. The van der Waals surface area contributed by atoms with Crippen molar-refractivity contribution in [3.63, 3.8) is 0 Å². The Morgan fingerprint density at radius 1 is 1.18 bits per heavy atom. The third-order valence-electron chi connectivity index (χ3n) is 5.31. The molecule has 170 valence electrons. The molecule has 0 aromatic heterocycles. The summed E-state index contributed by atoms with van der Waals surface area (Å²) in [6.45, 7) is 1.27. The fraction of sp³-hybridized carbons (Fsp3) is 0.261. The summed E-state index contributed by atoms with van der Waals surface area (Å²) in [5, 5.41) is 23.2. The fourth-order valence-electron chi connectivity index (χ4n) is 3.40. The molecule has 0 bridgehead atoms. The summed E-state index contributed by atoms with van der Waals surface area (Å²) < 4.78 is 5.04. The van der Waals surface area contributed by atoms with E-state index in [4.69, 9.17) is 10.00 Å². The van der Waals surface area contributed by atoms with Crippen LogP contribution in [0.15, 0.2) is 54.6 Å². The molecule has 2 atom stereocenters. The van der Waals surface area contributed by atoms with Gasteiger partial charge in [-0.3, -0.25) is 9.69 Å². The number of hydrogen-bond donors (Lipinski definition) is 3. The molecule has 1 heterocycles.